The summed E-state index contributed by atoms with van der Waals surface area (Å²) in [4.78, 5) is 0. The van der Waals surface area contributed by atoms with Crippen LogP contribution in [0.2, 0.25) is 0 Å². The second-order valence-electron chi connectivity index (χ2n) is 4.65. The summed E-state index contributed by atoms with van der Waals surface area (Å²) in [6.45, 7) is 2.08. The van der Waals surface area contributed by atoms with E-state index in [2.05, 4.69) is 31.2 Å². The predicted octanol–water partition coefficient (Wildman–Crippen LogP) is 3.27. The van der Waals surface area contributed by atoms with Gasteiger partial charge < -0.3 is 5.11 Å². The van der Waals surface area contributed by atoms with Crippen molar-refractivity contribution < 1.29 is 5.11 Å². The average molecular weight is 204 g/mol. The van der Waals surface area contributed by atoms with E-state index in [-0.39, 0.29) is 11.5 Å². The van der Waals surface area contributed by atoms with E-state index in [0.717, 1.165) is 19.3 Å². The van der Waals surface area contributed by atoms with E-state index >= 15 is 0 Å². The summed E-state index contributed by atoms with van der Waals surface area (Å²) in [5.41, 5.74) is 1.38. The van der Waals surface area contributed by atoms with Crippen molar-refractivity contribution in [1.82, 2.24) is 0 Å². The van der Waals surface area contributed by atoms with E-state index in [1.165, 1.54) is 18.4 Å². The molecule has 1 heteroatoms. The third-order valence-electron chi connectivity index (χ3n) is 3.87. The third-order valence-corrected chi connectivity index (χ3v) is 3.87. The lowest BCUT2D eigenvalue weighted by Crippen LogP contribution is -2.36. The topological polar surface area (TPSA) is 20.2 Å². The SMILES string of the molecule is CC[C@H](O)C1(c2ccccc2)CCCC1. The van der Waals surface area contributed by atoms with Gasteiger partial charge in [0.1, 0.15) is 0 Å². The Balaban J connectivity index is 2.35. The molecule has 1 saturated carbocycles. The van der Waals surface area contributed by atoms with Gasteiger partial charge in [-0.3, -0.25) is 0 Å². The van der Waals surface area contributed by atoms with Gasteiger partial charge in [0, 0.05) is 5.41 Å². The summed E-state index contributed by atoms with van der Waals surface area (Å²) in [7, 11) is 0. The van der Waals surface area contributed by atoms with E-state index in [0.29, 0.717) is 0 Å². The fourth-order valence-corrected chi connectivity index (χ4v) is 2.98. The van der Waals surface area contributed by atoms with Gasteiger partial charge >= 0.3 is 0 Å². The van der Waals surface area contributed by atoms with Gasteiger partial charge in [0.25, 0.3) is 0 Å². The van der Waals surface area contributed by atoms with Crippen LogP contribution in [0.5, 0.6) is 0 Å². The van der Waals surface area contributed by atoms with Gasteiger partial charge in [-0.25, -0.2) is 0 Å². The summed E-state index contributed by atoms with van der Waals surface area (Å²) < 4.78 is 0. The van der Waals surface area contributed by atoms with Crippen molar-refractivity contribution in [3.63, 3.8) is 0 Å². The van der Waals surface area contributed by atoms with Crippen LogP contribution in [0.15, 0.2) is 30.3 Å². The molecule has 1 aliphatic carbocycles. The van der Waals surface area contributed by atoms with Gasteiger partial charge in [-0.1, -0.05) is 50.1 Å². The summed E-state index contributed by atoms with van der Waals surface area (Å²) in [5.74, 6) is 0. The van der Waals surface area contributed by atoms with Crippen molar-refractivity contribution in [1.29, 1.82) is 0 Å². The van der Waals surface area contributed by atoms with Gasteiger partial charge in [0.05, 0.1) is 6.10 Å². The van der Waals surface area contributed by atoms with Crippen LogP contribution in [0.1, 0.15) is 44.6 Å². The number of hydrogen-bond acceptors (Lipinski definition) is 1. The van der Waals surface area contributed by atoms with Crippen LogP contribution in [0, 0.1) is 0 Å². The highest BCUT2D eigenvalue weighted by atomic mass is 16.3. The standard InChI is InChI=1S/C14H20O/c1-2-13(15)14(10-6-7-11-14)12-8-4-3-5-9-12/h3-5,8-9,13,15H,2,6-7,10-11H2,1H3/t13-/m0/s1. The molecule has 2 rings (SSSR count). The lowest BCUT2D eigenvalue weighted by atomic mass is 9.73. The smallest absolute Gasteiger partial charge is 0.0634 e. The zero-order valence-electron chi connectivity index (χ0n) is 9.45. The second kappa shape index (κ2) is 4.36. The Labute approximate surface area is 92.1 Å². The molecule has 1 atom stereocenters. The van der Waals surface area contributed by atoms with Gasteiger partial charge in [0.2, 0.25) is 0 Å². The second-order valence-corrected chi connectivity index (χ2v) is 4.65. The van der Waals surface area contributed by atoms with Crippen LogP contribution in [0.3, 0.4) is 0 Å². The number of hydrogen-bond donors (Lipinski definition) is 1. The molecule has 0 unspecified atom stereocenters. The van der Waals surface area contributed by atoms with Crippen LogP contribution in [0.25, 0.3) is 0 Å². The van der Waals surface area contributed by atoms with Crippen LogP contribution in [-0.4, -0.2) is 11.2 Å². The summed E-state index contributed by atoms with van der Waals surface area (Å²) in [6, 6.07) is 10.6. The Morgan fingerprint density at radius 2 is 1.80 bits per heavy atom. The van der Waals surface area contributed by atoms with Crippen molar-refractivity contribution in [3.8, 4) is 0 Å². The van der Waals surface area contributed by atoms with E-state index in [1.807, 2.05) is 6.07 Å². The average Bonchev–Trinajstić information content (AvgIpc) is 2.79. The Kier molecular flexibility index (Phi) is 3.11. The fraction of sp³-hybridized carbons (Fsp3) is 0.571. The molecule has 0 heterocycles. The normalized spacial score (nSPS) is 21.5. The molecule has 15 heavy (non-hydrogen) atoms. The molecule has 0 aliphatic heterocycles. The Morgan fingerprint density at radius 3 is 2.33 bits per heavy atom. The number of rotatable bonds is 3. The van der Waals surface area contributed by atoms with Gasteiger partial charge in [-0.05, 0) is 24.8 Å². The molecule has 0 amide bonds. The minimum Gasteiger partial charge on any atom is -0.392 e. The zero-order valence-corrected chi connectivity index (χ0v) is 9.45. The fourth-order valence-electron chi connectivity index (χ4n) is 2.98. The molecule has 0 spiro atoms. The first kappa shape index (κ1) is 10.7. The highest BCUT2D eigenvalue weighted by Gasteiger charge is 2.40. The van der Waals surface area contributed by atoms with E-state index < -0.39 is 0 Å². The van der Waals surface area contributed by atoms with Crippen molar-refractivity contribution in [2.75, 3.05) is 0 Å². The van der Waals surface area contributed by atoms with Crippen LogP contribution in [-0.2, 0) is 5.41 Å². The van der Waals surface area contributed by atoms with Crippen LogP contribution in [0.4, 0.5) is 0 Å². The van der Waals surface area contributed by atoms with Crippen LogP contribution >= 0.6 is 0 Å². The van der Waals surface area contributed by atoms with Gasteiger partial charge in [-0.2, -0.15) is 0 Å². The molecule has 1 aromatic carbocycles. The Hall–Kier alpha value is -0.820. The number of benzene rings is 1. The molecule has 1 aliphatic rings. The minimum absolute atomic E-state index is 0.0516. The summed E-state index contributed by atoms with van der Waals surface area (Å²) >= 11 is 0. The van der Waals surface area contributed by atoms with Crippen molar-refractivity contribution >= 4 is 0 Å². The molecule has 0 aromatic heterocycles. The quantitative estimate of drug-likeness (QED) is 0.801. The Morgan fingerprint density at radius 1 is 1.20 bits per heavy atom. The lowest BCUT2D eigenvalue weighted by Gasteiger charge is -2.34. The van der Waals surface area contributed by atoms with E-state index in [1.54, 1.807) is 0 Å². The van der Waals surface area contributed by atoms with Gasteiger partial charge in [0.15, 0.2) is 0 Å². The zero-order chi connectivity index (χ0) is 10.7. The molecule has 0 radical (unpaired) electrons. The molecule has 1 aromatic rings. The minimum atomic E-state index is -0.178. The predicted molar refractivity (Wildman–Crippen MR) is 62.9 cm³/mol. The third kappa shape index (κ3) is 1.81. The molecule has 0 saturated heterocycles. The largest absolute Gasteiger partial charge is 0.392 e. The first-order valence-corrected chi connectivity index (χ1v) is 6.03. The molecule has 0 bridgehead atoms. The van der Waals surface area contributed by atoms with Gasteiger partial charge in [-0.15, -0.1) is 0 Å². The summed E-state index contributed by atoms with van der Waals surface area (Å²) in [6.07, 6.45) is 5.48. The van der Waals surface area contributed by atoms with E-state index in [4.69, 9.17) is 0 Å². The molecule has 1 fully saturated rings. The molecular weight excluding hydrogens is 184 g/mol. The molecular formula is C14H20O. The first-order valence-electron chi connectivity index (χ1n) is 6.03. The Bertz CT molecular complexity index is 298. The first-order chi connectivity index (χ1) is 7.29. The lowest BCUT2D eigenvalue weighted by molar-refractivity contribution is 0.0789. The molecule has 1 N–H and O–H groups in total. The number of aliphatic hydroxyl groups is 1. The van der Waals surface area contributed by atoms with Crippen molar-refractivity contribution in [2.24, 2.45) is 0 Å². The monoisotopic (exact) mass is 204 g/mol. The molecule has 1 nitrogen and oxygen atoms in total. The van der Waals surface area contributed by atoms with E-state index in [9.17, 15) is 5.11 Å². The van der Waals surface area contributed by atoms with Crippen molar-refractivity contribution in [3.05, 3.63) is 35.9 Å². The molecule has 82 valence electrons. The maximum atomic E-state index is 10.3. The van der Waals surface area contributed by atoms with Crippen molar-refractivity contribution in [2.45, 2.75) is 50.5 Å². The maximum Gasteiger partial charge on any atom is 0.0634 e. The number of aliphatic hydroxyl groups excluding tert-OH is 1. The summed E-state index contributed by atoms with van der Waals surface area (Å²) in [5, 5.41) is 10.3. The van der Waals surface area contributed by atoms with Crippen LogP contribution < -0.4 is 0 Å². The maximum absolute atomic E-state index is 10.3. The highest BCUT2D eigenvalue weighted by molar-refractivity contribution is 5.28. The highest BCUT2D eigenvalue weighted by Crippen LogP contribution is 2.44.